The Balaban J connectivity index is 2.22. The molecule has 3 heteroatoms. The lowest BCUT2D eigenvalue weighted by atomic mass is 9.97. The first kappa shape index (κ1) is 9.59. The van der Waals surface area contributed by atoms with Gasteiger partial charge >= 0.3 is 0 Å². The van der Waals surface area contributed by atoms with Crippen LogP contribution in [0.2, 0.25) is 0 Å². The summed E-state index contributed by atoms with van der Waals surface area (Å²) in [7, 11) is 0. The molecule has 1 aromatic rings. The maximum absolute atomic E-state index is 13.4. The molecule has 0 saturated carbocycles. The minimum absolute atomic E-state index is 0.0596. The molecule has 1 nitrogen and oxygen atoms in total. The summed E-state index contributed by atoms with van der Waals surface area (Å²) in [6, 6.07) is 3.86. The Morgan fingerprint density at radius 3 is 2.71 bits per heavy atom. The first-order valence-corrected chi connectivity index (χ1v) is 4.96. The number of rotatable bonds is 1. The van der Waals surface area contributed by atoms with E-state index >= 15 is 0 Å². The van der Waals surface area contributed by atoms with Gasteiger partial charge in [-0.25, -0.2) is 8.78 Å². The summed E-state index contributed by atoms with van der Waals surface area (Å²) in [6.07, 6.45) is 3.18. The Kier molecular flexibility index (Phi) is 2.77. The highest BCUT2D eigenvalue weighted by molar-refractivity contribution is 5.22. The second kappa shape index (κ2) is 4.05. The van der Waals surface area contributed by atoms with E-state index in [1.807, 2.05) is 0 Å². The Morgan fingerprint density at radius 2 is 2.07 bits per heavy atom. The summed E-state index contributed by atoms with van der Waals surface area (Å²) in [4.78, 5) is 0. The lowest BCUT2D eigenvalue weighted by Gasteiger charge is -2.24. The first-order chi connectivity index (χ1) is 6.77. The van der Waals surface area contributed by atoms with Crippen molar-refractivity contribution in [2.24, 2.45) is 0 Å². The summed E-state index contributed by atoms with van der Waals surface area (Å²) in [6.45, 7) is 0.918. The molecule has 0 radical (unpaired) electrons. The molecule has 14 heavy (non-hydrogen) atoms. The van der Waals surface area contributed by atoms with Gasteiger partial charge in [-0.2, -0.15) is 0 Å². The fourth-order valence-corrected chi connectivity index (χ4v) is 1.90. The predicted octanol–water partition coefficient (Wildman–Crippen LogP) is 2.78. The summed E-state index contributed by atoms with van der Waals surface area (Å²) < 4.78 is 26.0. The standard InChI is InChI=1S/C11H13F2N/c12-8-4-5-9(10(13)7-8)11-3-1-2-6-14-11/h4-5,7,11,14H,1-3,6H2/t11-/m1/s1. The number of benzene rings is 1. The number of nitrogens with one attached hydrogen (secondary N) is 1. The van der Waals surface area contributed by atoms with Gasteiger partial charge in [-0.15, -0.1) is 0 Å². The van der Waals surface area contributed by atoms with E-state index < -0.39 is 11.6 Å². The van der Waals surface area contributed by atoms with Crippen LogP contribution in [0.5, 0.6) is 0 Å². The van der Waals surface area contributed by atoms with Crippen LogP contribution in [0.4, 0.5) is 8.78 Å². The average molecular weight is 197 g/mol. The zero-order valence-electron chi connectivity index (χ0n) is 7.89. The molecule has 0 spiro atoms. The third kappa shape index (κ3) is 1.93. The third-order valence-corrected chi connectivity index (χ3v) is 2.65. The summed E-state index contributed by atoms with van der Waals surface area (Å²) in [5.74, 6) is -0.952. The van der Waals surface area contributed by atoms with Crippen molar-refractivity contribution in [3.05, 3.63) is 35.4 Å². The Bertz CT molecular complexity index is 319. The van der Waals surface area contributed by atoms with Crippen LogP contribution in [-0.4, -0.2) is 6.54 Å². The van der Waals surface area contributed by atoms with E-state index in [2.05, 4.69) is 5.32 Å². The number of halogens is 2. The van der Waals surface area contributed by atoms with Gasteiger partial charge in [-0.05, 0) is 25.5 Å². The Morgan fingerprint density at radius 1 is 1.21 bits per heavy atom. The van der Waals surface area contributed by atoms with Crippen molar-refractivity contribution in [1.29, 1.82) is 0 Å². The minimum atomic E-state index is -0.512. The zero-order chi connectivity index (χ0) is 9.97. The van der Waals surface area contributed by atoms with E-state index in [1.165, 1.54) is 12.1 Å². The molecule has 1 N–H and O–H groups in total. The summed E-state index contributed by atoms with van der Waals surface area (Å²) in [5.41, 5.74) is 0.589. The van der Waals surface area contributed by atoms with Crippen LogP contribution in [0.15, 0.2) is 18.2 Å². The van der Waals surface area contributed by atoms with Crippen molar-refractivity contribution in [1.82, 2.24) is 5.32 Å². The molecule has 1 aliphatic heterocycles. The molecule has 1 heterocycles. The second-order valence-electron chi connectivity index (χ2n) is 3.67. The Labute approximate surface area is 82.1 Å². The smallest absolute Gasteiger partial charge is 0.130 e. The molecular weight excluding hydrogens is 184 g/mol. The third-order valence-electron chi connectivity index (χ3n) is 2.65. The van der Waals surface area contributed by atoms with Gasteiger partial charge in [-0.1, -0.05) is 12.5 Å². The second-order valence-corrected chi connectivity index (χ2v) is 3.67. The molecule has 0 aromatic heterocycles. The van der Waals surface area contributed by atoms with Crippen molar-refractivity contribution >= 4 is 0 Å². The number of hydrogen-bond donors (Lipinski definition) is 1. The fourth-order valence-electron chi connectivity index (χ4n) is 1.90. The first-order valence-electron chi connectivity index (χ1n) is 4.96. The van der Waals surface area contributed by atoms with Crippen LogP contribution < -0.4 is 5.32 Å². The van der Waals surface area contributed by atoms with Crippen LogP contribution in [0.3, 0.4) is 0 Å². The average Bonchev–Trinajstić information content (AvgIpc) is 2.19. The van der Waals surface area contributed by atoms with Gasteiger partial charge in [0.25, 0.3) is 0 Å². The molecule has 1 fully saturated rings. The molecule has 1 atom stereocenters. The molecule has 2 rings (SSSR count). The SMILES string of the molecule is Fc1ccc([C@H]2CCCCN2)c(F)c1. The van der Waals surface area contributed by atoms with Gasteiger partial charge in [0.1, 0.15) is 11.6 Å². The van der Waals surface area contributed by atoms with Crippen molar-refractivity contribution in [2.45, 2.75) is 25.3 Å². The fraction of sp³-hybridized carbons (Fsp3) is 0.455. The monoisotopic (exact) mass is 197 g/mol. The van der Waals surface area contributed by atoms with Crippen LogP contribution in [0, 0.1) is 11.6 Å². The normalized spacial score (nSPS) is 22.3. The quantitative estimate of drug-likeness (QED) is 0.730. The van der Waals surface area contributed by atoms with Gasteiger partial charge in [0.15, 0.2) is 0 Å². The topological polar surface area (TPSA) is 12.0 Å². The predicted molar refractivity (Wildman–Crippen MR) is 51.0 cm³/mol. The van der Waals surface area contributed by atoms with E-state index in [0.29, 0.717) is 5.56 Å². The molecule has 76 valence electrons. The molecule has 1 aliphatic rings. The maximum atomic E-state index is 13.4. The lowest BCUT2D eigenvalue weighted by Crippen LogP contribution is -2.27. The Hall–Kier alpha value is -0.960. The van der Waals surface area contributed by atoms with E-state index in [0.717, 1.165) is 31.9 Å². The molecule has 0 bridgehead atoms. The van der Waals surface area contributed by atoms with Gasteiger partial charge in [0.05, 0.1) is 0 Å². The van der Waals surface area contributed by atoms with E-state index in [1.54, 1.807) is 0 Å². The van der Waals surface area contributed by atoms with E-state index in [-0.39, 0.29) is 6.04 Å². The highest BCUT2D eigenvalue weighted by atomic mass is 19.1. The van der Waals surface area contributed by atoms with Crippen LogP contribution >= 0.6 is 0 Å². The maximum Gasteiger partial charge on any atom is 0.130 e. The highest BCUT2D eigenvalue weighted by Crippen LogP contribution is 2.25. The molecule has 0 amide bonds. The number of hydrogen-bond acceptors (Lipinski definition) is 1. The van der Waals surface area contributed by atoms with Crippen LogP contribution in [0.1, 0.15) is 30.9 Å². The van der Waals surface area contributed by atoms with Gasteiger partial charge in [0, 0.05) is 17.7 Å². The van der Waals surface area contributed by atoms with E-state index in [9.17, 15) is 8.78 Å². The van der Waals surface area contributed by atoms with Gasteiger partial charge < -0.3 is 5.32 Å². The van der Waals surface area contributed by atoms with Gasteiger partial charge in [-0.3, -0.25) is 0 Å². The van der Waals surface area contributed by atoms with Crippen LogP contribution in [-0.2, 0) is 0 Å². The molecule has 0 aliphatic carbocycles. The molecule has 0 unspecified atom stereocenters. The van der Waals surface area contributed by atoms with Gasteiger partial charge in [0.2, 0.25) is 0 Å². The summed E-state index contributed by atoms with van der Waals surface area (Å²) >= 11 is 0. The minimum Gasteiger partial charge on any atom is -0.310 e. The molecule has 1 saturated heterocycles. The molecular formula is C11H13F2N. The lowest BCUT2D eigenvalue weighted by molar-refractivity contribution is 0.398. The van der Waals surface area contributed by atoms with Crippen molar-refractivity contribution in [2.75, 3.05) is 6.54 Å². The van der Waals surface area contributed by atoms with Crippen molar-refractivity contribution in [3.8, 4) is 0 Å². The zero-order valence-corrected chi connectivity index (χ0v) is 7.89. The highest BCUT2D eigenvalue weighted by Gasteiger charge is 2.17. The van der Waals surface area contributed by atoms with Crippen molar-refractivity contribution < 1.29 is 8.78 Å². The molecule has 1 aromatic carbocycles. The number of piperidine rings is 1. The van der Waals surface area contributed by atoms with Crippen molar-refractivity contribution in [3.63, 3.8) is 0 Å². The summed E-state index contributed by atoms with van der Waals surface area (Å²) in [5, 5.41) is 3.23. The van der Waals surface area contributed by atoms with Crippen LogP contribution in [0.25, 0.3) is 0 Å². The largest absolute Gasteiger partial charge is 0.310 e. The van der Waals surface area contributed by atoms with E-state index in [4.69, 9.17) is 0 Å².